The van der Waals surface area contributed by atoms with Crippen molar-refractivity contribution in [1.82, 2.24) is 0 Å². The zero-order chi connectivity index (χ0) is 19.2. The Balaban J connectivity index is 1.35. The summed E-state index contributed by atoms with van der Waals surface area (Å²) in [5.41, 5.74) is 7.16. The van der Waals surface area contributed by atoms with Gasteiger partial charge in [-0.2, -0.15) is 13.2 Å². The number of hydrogen-bond acceptors (Lipinski definition) is 3. The predicted molar refractivity (Wildman–Crippen MR) is 98.2 cm³/mol. The highest BCUT2D eigenvalue weighted by Crippen LogP contribution is 2.44. The Kier molecular flexibility index (Phi) is 4.99. The van der Waals surface area contributed by atoms with Crippen molar-refractivity contribution >= 4 is 11.4 Å². The van der Waals surface area contributed by atoms with E-state index in [0.29, 0.717) is 42.3 Å². The van der Waals surface area contributed by atoms with E-state index in [1.807, 2.05) is 11.0 Å². The second-order valence-electron chi connectivity index (χ2n) is 8.53. The topological polar surface area (TPSA) is 41.3 Å². The lowest BCUT2D eigenvalue weighted by atomic mass is 9.96. The lowest BCUT2D eigenvalue weighted by Gasteiger charge is -2.34. The highest BCUT2D eigenvalue weighted by Gasteiger charge is 2.42. The summed E-state index contributed by atoms with van der Waals surface area (Å²) < 4.78 is 53.0. The van der Waals surface area contributed by atoms with Crippen LogP contribution in [-0.2, 0) is 0 Å². The molecule has 2 aliphatic carbocycles. The molecule has 0 spiro atoms. The number of rotatable bonds is 3. The van der Waals surface area contributed by atoms with Crippen LogP contribution < -0.4 is 16.0 Å². The lowest BCUT2D eigenvalue weighted by Crippen LogP contribution is -2.39. The standard InChI is InChI=1S/C20H27F4N3/c21-18-11-17(27-5-3-14(4-6-27)20(22,23)24)1-2-19(18)26-16-9-12-7-15(25)8-13(12)10-16/h1-2,11-16,26H,3-10,25H2. The number of piperidine rings is 1. The highest BCUT2D eigenvalue weighted by atomic mass is 19.4. The Labute approximate surface area is 157 Å². The fraction of sp³-hybridized carbons (Fsp3) is 0.700. The van der Waals surface area contributed by atoms with Crippen LogP contribution in [0.15, 0.2) is 18.2 Å². The molecule has 2 saturated carbocycles. The summed E-state index contributed by atoms with van der Waals surface area (Å²) in [5.74, 6) is -0.279. The molecule has 1 aliphatic heterocycles. The van der Waals surface area contributed by atoms with Gasteiger partial charge in [0.05, 0.1) is 11.6 Å². The first-order chi connectivity index (χ1) is 12.8. The van der Waals surface area contributed by atoms with Crippen LogP contribution in [0, 0.1) is 23.6 Å². The summed E-state index contributed by atoms with van der Waals surface area (Å²) >= 11 is 0. The average molecular weight is 385 g/mol. The Morgan fingerprint density at radius 1 is 1.00 bits per heavy atom. The number of nitrogens with zero attached hydrogens (tertiary/aromatic N) is 1. The quantitative estimate of drug-likeness (QED) is 0.751. The van der Waals surface area contributed by atoms with Gasteiger partial charge in [-0.1, -0.05) is 0 Å². The molecule has 1 saturated heterocycles. The van der Waals surface area contributed by atoms with E-state index < -0.39 is 12.1 Å². The van der Waals surface area contributed by atoms with Gasteiger partial charge in [-0.25, -0.2) is 4.39 Å². The summed E-state index contributed by atoms with van der Waals surface area (Å²) in [6.07, 6.45) is 0.205. The van der Waals surface area contributed by atoms with E-state index in [0.717, 1.165) is 25.7 Å². The van der Waals surface area contributed by atoms with Gasteiger partial charge in [-0.05, 0) is 68.6 Å². The molecule has 0 bridgehead atoms. The van der Waals surface area contributed by atoms with E-state index >= 15 is 0 Å². The summed E-state index contributed by atoms with van der Waals surface area (Å²) in [7, 11) is 0. The Bertz CT molecular complexity index is 656. The third kappa shape index (κ3) is 4.03. The molecule has 1 heterocycles. The molecule has 7 heteroatoms. The number of hydrogen-bond donors (Lipinski definition) is 2. The molecule has 2 unspecified atom stereocenters. The number of anilines is 2. The van der Waals surface area contributed by atoms with E-state index in [2.05, 4.69) is 5.32 Å². The molecule has 0 amide bonds. The van der Waals surface area contributed by atoms with Gasteiger partial charge < -0.3 is 16.0 Å². The van der Waals surface area contributed by atoms with Crippen molar-refractivity contribution in [3.05, 3.63) is 24.0 Å². The van der Waals surface area contributed by atoms with Gasteiger partial charge in [0.25, 0.3) is 0 Å². The first-order valence-electron chi connectivity index (χ1n) is 9.93. The van der Waals surface area contributed by atoms with Gasteiger partial charge in [0.2, 0.25) is 0 Å². The van der Waals surface area contributed by atoms with Gasteiger partial charge in [0.15, 0.2) is 0 Å². The zero-order valence-corrected chi connectivity index (χ0v) is 15.3. The summed E-state index contributed by atoms with van der Waals surface area (Å²) in [5, 5.41) is 3.33. The third-order valence-corrected chi connectivity index (χ3v) is 6.69. The first-order valence-corrected chi connectivity index (χ1v) is 9.93. The second kappa shape index (κ2) is 7.15. The van der Waals surface area contributed by atoms with Gasteiger partial charge >= 0.3 is 6.18 Å². The van der Waals surface area contributed by atoms with Crippen molar-refractivity contribution in [1.29, 1.82) is 0 Å². The minimum Gasteiger partial charge on any atom is -0.380 e. The van der Waals surface area contributed by atoms with Crippen molar-refractivity contribution in [2.24, 2.45) is 23.5 Å². The SMILES string of the molecule is NC1CC2CC(Nc3ccc(N4CCC(C(F)(F)F)CC4)cc3F)CC2C1. The maximum absolute atomic E-state index is 14.6. The van der Waals surface area contributed by atoms with Crippen LogP contribution in [0.5, 0.6) is 0 Å². The molecule has 3 nitrogen and oxygen atoms in total. The van der Waals surface area contributed by atoms with Crippen LogP contribution in [0.25, 0.3) is 0 Å². The highest BCUT2D eigenvalue weighted by molar-refractivity contribution is 5.57. The molecule has 0 radical (unpaired) electrons. The fourth-order valence-electron chi connectivity index (χ4n) is 5.28. The molecule has 150 valence electrons. The minimum atomic E-state index is -4.13. The summed E-state index contributed by atoms with van der Waals surface area (Å²) in [6, 6.07) is 5.57. The van der Waals surface area contributed by atoms with E-state index in [1.165, 1.54) is 6.07 Å². The molecule has 3 N–H and O–H groups in total. The third-order valence-electron chi connectivity index (χ3n) is 6.69. The van der Waals surface area contributed by atoms with Crippen LogP contribution in [-0.4, -0.2) is 31.3 Å². The predicted octanol–water partition coefficient (Wildman–Crippen LogP) is 4.53. The normalized spacial score (nSPS) is 32.0. The van der Waals surface area contributed by atoms with E-state index in [1.54, 1.807) is 6.07 Å². The maximum atomic E-state index is 14.6. The van der Waals surface area contributed by atoms with Crippen LogP contribution in [0.1, 0.15) is 38.5 Å². The molecular weight excluding hydrogens is 358 g/mol. The number of fused-ring (bicyclic) bond motifs is 1. The lowest BCUT2D eigenvalue weighted by molar-refractivity contribution is -0.179. The van der Waals surface area contributed by atoms with Gasteiger partial charge in [0, 0.05) is 30.9 Å². The van der Waals surface area contributed by atoms with Gasteiger partial charge in [-0.3, -0.25) is 0 Å². The molecular formula is C20H27F4N3. The van der Waals surface area contributed by atoms with E-state index in [-0.39, 0.29) is 24.7 Å². The Morgan fingerprint density at radius 3 is 2.19 bits per heavy atom. The molecule has 1 aromatic rings. The van der Waals surface area contributed by atoms with E-state index in [4.69, 9.17) is 5.73 Å². The molecule has 3 fully saturated rings. The van der Waals surface area contributed by atoms with Crippen LogP contribution in [0.2, 0.25) is 0 Å². The fourth-order valence-corrected chi connectivity index (χ4v) is 5.28. The first kappa shape index (κ1) is 18.8. The van der Waals surface area contributed by atoms with Crippen molar-refractivity contribution in [2.45, 2.75) is 56.8 Å². The van der Waals surface area contributed by atoms with Crippen LogP contribution in [0.4, 0.5) is 28.9 Å². The Hall–Kier alpha value is -1.50. The van der Waals surface area contributed by atoms with Crippen molar-refractivity contribution in [3.8, 4) is 0 Å². The minimum absolute atomic E-state index is 0.0676. The number of nitrogens with one attached hydrogen (secondary N) is 1. The Morgan fingerprint density at radius 2 is 1.63 bits per heavy atom. The van der Waals surface area contributed by atoms with Gasteiger partial charge in [-0.15, -0.1) is 0 Å². The number of benzene rings is 1. The number of halogens is 4. The van der Waals surface area contributed by atoms with E-state index in [9.17, 15) is 17.6 Å². The van der Waals surface area contributed by atoms with Crippen molar-refractivity contribution in [3.63, 3.8) is 0 Å². The number of nitrogens with two attached hydrogens (primary N) is 1. The summed E-state index contributed by atoms with van der Waals surface area (Å²) in [4.78, 5) is 1.84. The zero-order valence-electron chi connectivity index (χ0n) is 15.3. The molecule has 3 aliphatic rings. The molecule has 1 aromatic carbocycles. The molecule has 4 rings (SSSR count). The van der Waals surface area contributed by atoms with Crippen LogP contribution >= 0.6 is 0 Å². The average Bonchev–Trinajstić information content (AvgIpc) is 3.12. The maximum Gasteiger partial charge on any atom is 0.391 e. The summed E-state index contributed by atoms with van der Waals surface area (Å²) in [6.45, 7) is 0.616. The van der Waals surface area contributed by atoms with Crippen molar-refractivity contribution < 1.29 is 17.6 Å². The number of alkyl halides is 3. The largest absolute Gasteiger partial charge is 0.391 e. The monoisotopic (exact) mass is 385 g/mol. The second-order valence-corrected chi connectivity index (χ2v) is 8.53. The molecule has 0 aromatic heterocycles. The van der Waals surface area contributed by atoms with Crippen molar-refractivity contribution in [2.75, 3.05) is 23.3 Å². The van der Waals surface area contributed by atoms with Gasteiger partial charge in [0.1, 0.15) is 5.82 Å². The smallest absolute Gasteiger partial charge is 0.380 e. The van der Waals surface area contributed by atoms with Crippen LogP contribution in [0.3, 0.4) is 0 Å². The molecule has 2 atom stereocenters. The molecule has 27 heavy (non-hydrogen) atoms.